The van der Waals surface area contributed by atoms with Crippen LogP contribution in [0.4, 0.5) is 0 Å². The lowest BCUT2D eigenvalue weighted by molar-refractivity contribution is -0.136. The summed E-state index contributed by atoms with van der Waals surface area (Å²) in [5.74, 6) is 1.50. The number of nitrogens with zero attached hydrogens (tertiary/aromatic N) is 2. The average molecular weight is 419 g/mol. The molecule has 2 aromatic rings. The van der Waals surface area contributed by atoms with Gasteiger partial charge < -0.3 is 10.0 Å². The quantitative estimate of drug-likeness (QED) is 0.693. The van der Waals surface area contributed by atoms with Crippen molar-refractivity contribution in [2.75, 3.05) is 6.54 Å². The van der Waals surface area contributed by atoms with E-state index in [1.165, 1.54) is 24.0 Å². The molecule has 0 aromatic heterocycles. The van der Waals surface area contributed by atoms with Gasteiger partial charge in [0.2, 0.25) is 5.91 Å². The maximum atomic E-state index is 13.1. The molecule has 1 amide bonds. The number of phenolic OH excluding ortho intramolecular Hbond substituents is 1. The van der Waals surface area contributed by atoms with Crippen molar-refractivity contribution >= 4 is 5.91 Å². The van der Waals surface area contributed by atoms with Crippen LogP contribution in [0.15, 0.2) is 54.6 Å². The van der Waals surface area contributed by atoms with Gasteiger partial charge in [-0.05, 0) is 74.6 Å². The predicted octanol–water partition coefficient (Wildman–Crippen LogP) is 4.93. The number of hydrogen-bond acceptors (Lipinski definition) is 3. The number of hydrogen-bond donors (Lipinski definition) is 1. The van der Waals surface area contributed by atoms with Gasteiger partial charge in [0.25, 0.3) is 0 Å². The van der Waals surface area contributed by atoms with Gasteiger partial charge in [-0.3, -0.25) is 9.69 Å². The fraction of sp³-hybridized carbons (Fsp3) is 0.519. The van der Waals surface area contributed by atoms with Crippen LogP contribution in [0, 0.1) is 5.92 Å². The molecule has 4 atom stereocenters. The molecule has 3 aliphatic rings. The summed E-state index contributed by atoms with van der Waals surface area (Å²) in [4.78, 5) is 18.0. The van der Waals surface area contributed by atoms with E-state index in [4.69, 9.17) is 0 Å². The highest BCUT2D eigenvalue weighted by atomic mass is 16.3. The molecular weight excluding hydrogens is 384 g/mol. The molecule has 4 heteroatoms. The molecule has 2 aliphatic heterocycles. The highest BCUT2D eigenvalue weighted by Gasteiger charge is 2.43. The van der Waals surface area contributed by atoms with Gasteiger partial charge in [0.05, 0.1) is 0 Å². The van der Waals surface area contributed by atoms with Gasteiger partial charge in [-0.25, -0.2) is 0 Å². The van der Waals surface area contributed by atoms with Crippen LogP contribution in [0.5, 0.6) is 5.75 Å². The van der Waals surface area contributed by atoms with Crippen molar-refractivity contribution in [1.29, 1.82) is 0 Å². The first kappa shape index (κ1) is 20.6. The predicted molar refractivity (Wildman–Crippen MR) is 123 cm³/mol. The van der Waals surface area contributed by atoms with E-state index >= 15 is 0 Å². The number of benzene rings is 2. The molecule has 1 aliphatic carbocycles. The van der Waals surface area contributed by atoms with Crippen LogP contribution in [-0.4, -0.2) is 45.5 Å². The number of piperidine rings is 1. The number of carbonyl (C=O) groups excluding carboxylic acids is 1. The second-order valence-corrected chi connectivity index (χ2v) is 9.92. The maximum absolute atomic E-state index is 13.1. The van der Waals surface area contributed by atoms with E-state index in [-0.39, 0.29) is 12.0 Å². The summed E-state index contributed by atoms with van der Waals surface area (Å²) in [7, 11) is 0. The van der Waals surface area contributed by atoms with Gasteiger partial charge in [0.15, 0.2) is 0 Å². The van der Waals surface area contributed by atoms with Gasteiger partial charge >= 0.3 is 0 Å². The zero-order chi connectivity index (χ0) is 21.4. The first-order valence-corrected chi connectivity index (χ1v) is 12.0. The number of phenols is 1. The van der Waals surface area contributed by atoms with E-state index in [9.17, 15) is 9.90 Å². The van der Waals surface area contributed by atoms with Crippen LogP contribution in [0.2, 0.25) is 0 Å². The molecule has 31 heavy (non-hydrogen) atoms. The lowest BCUT2D eigenvalue weighted by atomic mass is 9.85. The molecule has 164 valence electrons. The number of carbonyl (C=O) groups is 1. The molecule has 1 N–H and O–H groups in total. The zero-order valence-electron chi connectivity index (χ0n) is 18.5. The molecule has 1 unspecified atom stereocenters. The summed E-state index contributed by atoms with van der Waals surface area (Å²) in [6.45, 7) is 3.92. The van der Waals surface area contributed by atoms with E-state index in [2.05, 4.69) is 47.1 Å². The van der Waals surface area contributed by atoms with Gasteiger partial charge in [-0.15, -0.1) is 0 Å². The third kappa shape index (κ3) is 4.50. The van der Waals surface area contributed by atoms with E-state index in [1.54, 1.807) is 6.07 Å². The molecule has 0 radical (unpaired) electrons. The Bertz CT molecular complexity index is 896. The van der Waals surface area contributed by atoms with Crippen LogP contribution in [0.25, 0.3) is 0 Å². The summed E-state index contributed by atoms with van der Waals surface area (Å²) in [6, 6.07) is 19.6. The number of fused-ring (bicyclic) bond motifs is 2. The standard InChI is InChI=1S/C27H34N2O2/c1-19(28(27(31)21-10-11-21)18-20-6-3-2-4-7-20)17-29-24-12-13-25(29)15-23(14-24)22-8-5-9-26(30)16-22/h2-9,16,19,21,23-25,30H,10-15,17-18H2,1H3/t19-,23?,24-,25+/m1/s1. The van der Waals surface area contributed by atoms with Crippen LogP contribution in [0.3, 0.4) is 0 Å². The van der Waals surface area contributed by atoms with Gasteiger partial charge in [-0.2, -0.15) is 0 Å². The van der Waals surface area contributed by atoms with Crippen molar-refractivity contribution in [3.8, 4) is 5.75 Å². The normalized spacial score (nSPS) is 26.5. The van der Waals surface area contributed by atoms with Gasteiger partial charge in [0, 0.05) is 37.1 Å². The first-order valence-electron chi connectivity index (χ1n) is 12.0. The molecule has 5 rings (SSSR count). The average Bonchev–Trinajstić information content (AvgIpc) is 3.59. The van der Waals surface area contributed by atoms with Crippen molar-refractivity contribution in [3.05, 3.63) is 65.7 Å². The van der Waals surface area contributed by atoms with Crippen LogP contribution in [0.1, 0.15) is 62.5 Å². The van der Waals surface area contributed by atoms with Crippen molar-refractivity contribution in [3.63, 3.8) is 0 Å². The van der Waals surface area contributed by atoms with Crippen LogP contribution in [-0.2, 0) is 11.3 Å². The fourth-order valence-corrected chi connectivity index (χ4v) is 5.82. The smallest absolute Gasteiger partial charge is 0.226 e. The Morgan fingerprint density at radius 3 is 2.39 bits per heavy atom. The molecule has 0 spiro atoms. The van der Waals surface area contributed by atoms with Crippen LogP contribution < -0.4 is 0 Å². The lowest BCUT2D eigenvalue weighted by Crippen LogP contribution is -2.51. The number of rotatable bonds is 7. The lowest BCUT2D eigenvalue weighted by Gasteiger charge is -2.42. The Balaban J connectivity index is 1.27. The minimum atomic E-state index is 0.216. The minimum absolute atomic E-state index is 0.216. The summed E-state index contributed by atoms with van der Waals surface area (Å²) in [6.07, 6.45) is 6.92. The van der Waals surface area contributed by atoms with Crippen LogP contribution >= 0.6 is 0 Å². The topological polar surface area (TPSA) is 43.8 Å². The highest BCUT2D eigenvalue weighted by Crippen LogP contribution is 2.44. The Labute approximate surface area is 185 Å². The van der Waals surface area contributed by atoms with Gasteiger partial charge in [0.1, 0.15) is 5.75 Å². The van der Waals surface area contributed by atoms with E-state index < -0.39 is 0 Å². The summed E-state index contributed by atoms with van der Waals surface area (Å²) in [5.41, 5.74) is 2.49. The first-order chi connectivity index (χ1) is 15.1. The van der Waals surface area contributed by atoms with Gasteiger partial charge in [-0.1, -0.05) is 42.5 Å². The summed E-state index contributed by atoms with van der Waals surface area (Å²) < 4.78 is 0. The molecule has 4 nitrogen and oxygen atoms in total. The SMILES string of the molecule is C[C@H](CN1[C@@H]2CC[C@H]1CC(c1cccc(O)c1)C2)N(Cc1ccccc1)C(=O)C1CC1. The minimum Gasteiger partial charge on any atom is -0.508 e. The Kier molecular flexibility index (Phi) is 5.75. The molecule has 2 bridgehead atoms. The summed E-state index contributed by atoms with van der Waals surface area (Å²) >= 11 is 0. The maximum Gasteiger partial charge on any atom is 0.226 e. The molecule has 3 fully saturated rings. The van der Waals surface area contributed by atoms with E-state index in [1.807, 2.05) is 18.2 Å². The summed E-state index contributed by atoms with van der Waals surface area (Å²) in [5, 5.41) is 9.90. The monoisotopic (exact) mass is 418 g/mol. The molecule has 2 aromatic carbocycles. The van der Waals surface area contributed by atoms with Crippen molar-refractivity contribution in [2.24, 2.45) is 5.92 Å². The molecule has 2 saturated heterocycles. The number of amides is 1. The Morgan fingerprint density at radius 1 is 1.03 bits per heavy atom. The largest absolute Gasteiger partial charge is 0.508 e. The van der Waals surface area contributed by atoms with E-state index in [0.717, 1.165) is 32.2 Å². The van der Waals surface area contributed by atoms with Crippen molar-refractivity contribution in [1.82, 2.24) is 9.80 Å². The zero-order valence-corrected chi connectivity index (χ0v) is 18.5. The molecule has 1 saturated carbocycles. The van der Waals surface area contributed by atoms with E-state index in [0.29, 0.717) is 36.2 Å². The van der Waals surface area contributed by atoms with Crippen molar-refractivity contribution in [2.45, 2.75) is 76.0 Å². The second-order valence-electron chi connectivity index (χ2n) is 9.92. The third-order valence-electron chi connectivity index (χ3n) is 7.64. The Morgan fingerprint density at radius 2 is 1.74 bits per heavy atom. The molecule has 2 heterocycles. The Hall–Kier alpha value is -2.33. The fourth-order valence-electron chi connectivity index (χ4n) is 5.82. The highest BCUT2D eigenvalue weighted by molar-refractivity contribution is 5.81. The number of aromatic hydroxyl groups is 1. The molecular formula is C27H34N2O2. The third-order valence-corrected chi connectivity index (χ3v) is 7.64. The van der Waals surface area contributed by atoms with Crippen molar-refractivity contribution < 1.29 is 9.90 Å². The second kappa shape index (κ2) is 8.66.